The number of nitrogen functional groups attached to an aromatic ring is 1. The Hall–Kier alpha value is -4.44. The smallest absolute Gasteiger partial charge is 0.272 e. The van der Waals surface area contributed by atoms with Crippen LogP contribution in [0.5, 0.6) is 5.75 Å². The molecule has 0 radical (unpaired) electrons. The number of fused-ring (bicyclic) bond motifs is 2. The molecule has 10 heteroatoms. The number of aryl methyl sites for hydroxylation is 1. The summed E-state index contributed by atoms with van der Waals surface area (Å²) in [6.07, 6.45) is 1.69. The zero-order valence-corrected chi connectivity index (χ0v) is 20.7. The fourth-order valence-corrected chi connectivity index (χ4v) is 4.19. The average molecular weight is 485 g/mol. The molecular formula is C26H28N8O2. The highest BCUT2D eigenvalue weighted by molar-refractivity contribution is 6.07. The van der Waals surface area contributed by atoms with Crippen molar-refractivity contribution in [2.24, 2.45) is 7.05 Å². The first-order chi connectivity index (χ1) is 17.4. The summed E-state index contributed by atoms with van der Waals surface area (Å²) in [5.74, 6) is 1.07. The van der Waals surface area contributed by atoms with Crippen molar-refractivity contribution < 1.29 is 9.53 Å². The van der Waals surface area contributed by atoms with Crippen molar-refractivity contribution in [1.82, 2.24) is 29.2 Å². The molecular weight excluding hydrogens is 456 g/mol. The van der Waals surface area contributed by atoms with Crippen LogP contribution in [0.2, 0.25) is 0 Å². The lowest BCUT2D eigenvalue weighted by atomic mass is 10.1. The van der Waals surface area contributed by atoms with Gasteiger partial charge in [0.2, 0.25) is 0 Å². The zero-order valence-electron chi connectivity index (χ0n) is 20.7. The molecule has 5 aromatic rings. The molecule has 0 bridgehead atoms. The number of rotatable bonds is 7. The van der Waals surface area contributed by atoms with Gasteiger partial charge in [-0.2, -0.15) is 5.10 Å². The first-order valence-electron chi connectivity index (χ1n) is 11.5. The van der Waals surface area contributed by atoms with E-state index < -0.39 is 0 Å². The van der Waals surface area contributed by atoms with E-state index in [4.69, 9.17) is 15.5 Å². The third-order valence-electron chi connectivity index (χ3n) is 6.18. The fourth-order valence-electron chi connectivity index (χ4n) is 4.19. The van der Waals surface area contributed by atoms with Gasteiger partial charge in [-0.3, -0.25) is 4.79 Å². The standard InChI is InChI=1S/C26H28N8O2/c1-32(2)11-12-34-25-18(15-28-34)23(27)30-24(31-25)17-9-10-19(22(14-17)36-4)29-26(35)21-13-16-7-5-6-8-20(16)33(21)3/h5-10,13-15H,11-12H2,1-4H3,(H,29,35)(H2,27,30,31). The first-order valence-corrected chi connectivity index (χ1v) is 11.5. The van der Waals surface area contributed by atoms with Crippen LogP contribution in [0, 0.1) is 0 Å². The molecule has 1 amide bonds. The maximum atomic E-state index is 13.1. The summed E-state index contributed by atoms with van der Waals surface area (Å²) in [5.41, 5.74) is 9.70. The van der Waals surface area contributed by atoms with Crippen LogP contribution in [0.4, 0.5) is 11.5 Å². The van der Waals surface area contributed by atoms with E-state index in [1.807, 2.05) is 66.8 Å². The van der Waals surface area contributed by atoms with Crippen molar-refractivity contribution in [3.05, 3.63) is 60.4 Å². The number of aromatic nitrogens is 5. The predicted molar refractivity (Wildman–Crippen MR) is 141 cm³/mol. The van der Waals surface area contributed by atoms with E-state index in [0.29, 0.717) is 51.9 Å². The summed E-state index contributed by atoms with van der Waals surface area (Å²) in [7, 11) is 7.44. The van der Waals surface area contributed by atoms with Gasteiger partial charge in [-0.25, -0.2) is 14.6 Å². The fraction of sp³-hybridized carbons (Fsp3) is 0.231. The molecule has 5 rings (SSSR count). The van der Waals surface area contributed by atoms with Crippen molar-refractivity contribution in [2.45, 2.75) is 6.54 Å². The third-order valence-corrected chi connectivity index (χ3v) is 6.18. The Kier molecular flexibility index (Phi) is 6.03. The summed E-state index contributed by atoms with van der Waals surface area (Å²) in [6, 6.07) is 15.1. The lowest BCUT2D eigenvalue weighted by molar-refractivity contribution is 0.101. The number of carbonyl (C=O) groups excluding carboxylic acids is 1. The molecule has 3 heterocycles. The third kappa shape index (κ3) is 4.22. The molecule has 2 aromatic carbocycles. The van der Waals surface area contributed by atoms with E-state index in [-0.39, 0.29) is 5.91 Å². The van der Waals surface area contributed by atoms with Gasteiger partial charge in [0.1, 0.15) is 17.3 Å². The van der Waals surface area contributed by atoms with Crippen molar-refractivity contribution in [2.75, 3.05) is 38.8 Å². The van der Waals surface area contributed by atoms with Gasteiger partial charge < -0.3 is 25.3 Å². The number of para-hydroxylation sites is 1. The Morgan fingerprint density at radius 2 is 1.94 bits per heavy atom. The van der Waals surface area contributed by atoms with Gasteiger partial charge in [-0.1, -0.05) is 18.2 Å². The highest BCUT2D eigenvalue weighted by Crippen LogP contribution is 2.31. The number of benzene rings is 2. The Balaban J connectivity index is 1.46. The Morgan fingerprint density at radius 3 is 2.69 bits per heavy atom. The first kappa shape index (κ1) is 23.3. The van der Waals surface area contributed by atoms with Gasteiger partial charge in [0.15, 0.2) is 11.5 Å². The van der Waals surface area contributed by atoms with E-state index in [0.717, 1.165) is 17.4 Å². The van der Waals surface area contributed by atoms with Crippen LogP contribution in [-0.2, 0) is 13.6 Å². The van der Waals surface area contributed by atoms with E-state index in [1.165, 1.54) is 0 Å². The van der Waals surface area contributed by atoms with Gasteiger partial charge >= 0.3 is 0 Å². The van der Waals surface area contributed by atoms with Gasteiger partial charge in [-0.05, 0) is 44.4 Å². The molecule has 0 spiro atoms. The summed E-state index contributed by atoms with van der Waals surface area (Å²) < 4.78 is 9.29. The Morgan fingerprint density at radius 1 is 1.14 bits per heavy atom. The Labute approximate surface area is 208 Å². The van der Waals surface area contributed by atoms with E-state index >= 15 is 0 Å². The maximum absolute atomic E-state index is 13.1. The number of hydrogen-bond donors (Lipinski definition) is 2. The number of nitrogens with two attached hydrogens (primary N) is 1. The molecule has 0 aliphatic heterocycles. The second kappa shape index (κ2) is 9.31. The number of hydrogen-bond acceptors (Lipinski definition) is 7. The summed E-state index contributed by atoms with van der Waals surface area (Å²) >= 11 is 0. The van der Waals surface area contributed by atoms with E-state index in [9.17, 15) is 4.79 Å². The molecule has 0 aliphatic carbocycles. The van der Waals surface area contributed by atoms with Crippen molar-refractivity contribution in [3.8, 4) is 17.1 Å². The normalized spacial score (nSPS) is 11.5. The van der Waals surface area contributed by atoms with Gasteiger partial charge in [0.25, 0.3) is 5.91 Å². The van der Waals surface area contributed by atoms with E-state index in [1.54, 1.807) is 25.4 Å². The molecule has 184 valence electrons. The van der Waals surface area contributed by atoms with Gasteiger partial charge in [0.05, 0.1) is 30.9 Å². The number of likely N-dealkylation sites (N-methyl/N-ethyl adjacent to an activating group) is 1. The molecule has 10 nitrogen and oxygen atoms in total. The molecule has 36 heavy (non-hydrogen) atoms. The van der Waals surface area contributed by atoms with Crippen LogP contribution in [0.15, 0.2) is 54.7 Å². The number of methoxy groups -OCH3 is 1. The Bertz CT molecular complexity index is 1580. The number of nitrogens with one attached hydrogen (secondary N) is 1. The predicted octanol–water partition coefficient (Wildman–Crippen LogP) is 3.39. The van der Waals surface area contributed by atoms with Crippen LogP contribution in [0.1, 0.15) is 10.5 Å². The van der Waals surface area contributed by atoms with Crippen molar-refractivity contribution in [3.63, 3.8) is 0 Å². The minimum absolute atomic E-state index is 0.230. The second-order valence-electron chi connectivity index (χ2n) is 8.86. The topological polar surface area (TPSA) is 116 Å². The van der Waals surface area contributed by atoms with Crippen LogP contribution in [-0.4, -0.2) is 62.9 Å². The zero-order chi connectivity index (χ0) is 25.4. The largest absolute Gasteiger partial charge is 0.495 e. The van der Waals surface area contributed by atoms with Crippen LogP contribution in [0.3, 0.4) is 0 Å². The molecule has 0 saturated carbocycles. The molecule has 3 aromatic heterocycles. The van der Waals surface area contributed by atoms with Crippen molar-refractivity contribution in [1.29, 1.82) is 0 Å². The molecule has 0 fully saturated rings. The van der Waals surface area contributed by atoms with E-state index in [2.05, 4.69) is 20.3 Å². The summed E-state index contributed by atoms with van der Waals surface area (Å²) in [6.45, 7) is 1.49. The van der Waals surface area contributed by atoms with Crippen LogP contribution < -0.4 is 15.8 Å². The number of nitrogens with zero attached hydrogens (tertiary/aromatic N) is 6. The summed E-state index contributed by atoms with van der Waals surface area (Å²) in [5, 5.41) is 9.10. The molecule has 0 unspecified atom stereocenters. The summed E-state index contributed by atoms with van der Waals surface area (Å²) in [4.78, 5) is 24.4. The van der Waals surface area contributed by atoms with Crippen LogP contribution >= 0.6 is 0 Å². The maximum Gasteiger partial charge on any atom is 0.272 e. The molecule has 0 saturated heterocycles. The molecule has 3 N–H and O–H groups in total. The average Bonchev–Trinajstić information content (AvgIpc) is 3.44. The number of anilines is 2. The van der Waals surface area contributed by atoms with Crippen molar-refractivity contribution >= 4 is 39.3 Å². The number of ether oxygens (including phenoxy) is 1. The highest BCUT2D eigenvalue weighted by Gasteiger charge is 2.17. The molecule has 0 aliphatic rings. The minimum Gasteiger partial charge on any atom is -0.495 e. The van der Waals surface area contributed by atoms with Crippen LogP contribution in [0.25, 0.3) is 33.3 Å². The van der Waals surface area contributed by atoms with Gasteiger partial charge in [0, 0.05) is 30.1 Å². The lowest BCUT2D eigenvalue weighted by Gasteiger charge is -2.13. The monoisotopic (exact) mass is 484 g/mol. The highest BCUT2D eigenvalue weighted by atomic mass is 16.5. The lowest BCUT2D eigenvalue weighted by Crippen LogP contribution is -2.19. The minimum atomic E-state index is -0.230. The number of carbonyl (C=O) groups is 1. The number of amides is 1. The quantitative estimate of drug-likeness (QED) is 0.364. The SMILES string of the molecule is COc1cc(-c2nc(N)c3cnn(CCN(C)C)c3n2)ccc1NC(=O)c1cc2ccccc2n1C. The molecule has 0 atom stereocenters. The second-order valence-corrected chi connectivity index (χ2v) is 8.86. The van der Waals surface area contributed by atoms with Gasteiger partial charge in [-0.15, -0.1) is 0 Å².